The van der Waals surface area contributed by atoms with Crippen LogP contribution in [0.25, 0.3) is 11.2 Å². The molecule has 29 heavy (non-hydrogen) atoms. The highest BCUT2D eigenvalue weighted by Gasteiger charge is 2.51. The van der Waals surface area contributed by atoms with Crippen LogP contribution in [-0.2, 0) is 20.8 Å². The Morgan fingerprint density at radius 2 is 2.07 bits per heavy atom. The number of methoxy groups -OCH3 is 2. The molecule has 9 nitrogen and oxygen atoms in total. The Hall–Kier alpha value is -2.68. The molecule has 9 heteroatoms. The summed E-state index contributed by atoms with van der Waals surface area (Å²) >= 11 is 0. The number of aromatic nitrogens is 3. The molecule has 1 amide bonds. The number of hydrogen-bond donors (Lipinski definition) is 0. The summed E-state index contributed by atoms with van der Waals surface area (Å²) < 4.78 is 12.0. The zero-order chi connectivity index (χ0) is 20.6. The Kier molecular flexibility index (Phi) is 5.16. The lowest BCUT2D eigenvalue weighted by Gasteiger charge is -2.24. The molecule has 0 bridgehead atoms. The molecule has 0 aliphatic carbocycles. The van der Waals surface area contributed by atoms with E-state index in [4.69, 9.17) is 14.5 Å². The van der Waals surface area contributed by atoms with E-state index in [1.54, 1.807) is 13.2 Å². The molecule has 0 aromatic carbocycles. The van der Waals surface area contributed by atoms with Crippen molar-refractivity contribution in [1.29, 1.82) is 0 Å². The number of imidazole rings is 1. The largest absolute Gasteiger partial charge is 0.465 e. The predicted octanol–water partition coefficient (Wildman–Crippen LogP) is 1.31. The minimum absolute atomic E-state index is 0.224. The van der Waals surface area contributed by atoms with E-state index in [0.29, 0.717) is 37.3 Å². The van der Waals surface area contributed by atoms with E-state index < -0.39 is 5.97 Å². The molecule has 0 radical (unpaired) electrons. The first-order valence-electron chi connectivity index (χ1n) is 10.0. The normalized spacial score (nSPS) is 21.7. The van der Waals surface area contributed by atoms with Crippen molar-refractivity contribution in [1.82, 2.24) is 19.4 Å². The Morgan fingerprint density at radius 1 is 1.28 bits per heavy atom. The number of ether oxygens (including phenoxy) is 2. The lowest BCUT2D eigenvalue weighted by molar-refractivity contribution is -0.135. The lowest BCUT2D eigenvalue weighted by atomic mass is 9.85. The molecule has 0 N–H and O–H groups in total. The van der Waals surface area contributed by atoms with E-state index in [2.05, 4.69) is 9.88 Å². The molecule has 1 atom stereocenters. The zero-order valence-electron chi connectivity index (χ0n) is 17.2. The van der Waals surface area contributed by atoms with Gasteiger partial charge in [0, 0.05) is 46.0 Å². The number of amides is 1. The fraction of sp³-hybridized carbons (Fsp3) is 0.600. The highest BCUT2D eigenvalue weighted by atomic mass is 16.5. The molecule has 1 spiro atoms. The summed E-state index contributed by atoms with van der Waals surface area (Å²) in [6.45, 7) is 6.16. The smallest absolute Gasteiger partial charge is 0.339 e. The third-order valence-electron chi connectivity index (χ3n) is 6.11. The van der Waals surface area contributed by atoms with Crippen LogP contribution in [0.5, 0.6) is 0 Å². The first-order valence-corrected chi connectivity index (χ1v) is 10.0. The summed E-state index contributed by atoms with van der Waals surface area (Å²) in [6.07, 6.45) is 3.21. The number of aryl methyl sites for hydroxylation is 1. The molecular weight excluding hydrogens is 374 g/mol. The van der Waals surface area contributed by atoms with Crippen LogP contribution in [0.1, 0.15) is 30.1 Å². The van der Waals surface area contributed by atoms with E-state index in [1.807, 2.05) is 16.4 Å². The molecule has 156 valence electrons. The molecule has 4 heterocycles. The van der Waals surface area contributed by atoms with Gasteiger partial charge < -0.3 is 19.3 Å². The number of carbonyl (C=O) groups is 2. The molecule has 2 aromatic rings. The number of esters is 1. The Morgan fingerprint density at radius 3 is 2.79 bits per heavy atom. The van der Waals surface area contributed by atoms with E-state index in [1.165, 1.54) is 13.3 Å². The van der Waals surface area contributed by atoms with Crippen LogP contribution in [0.2, 0.25) is 0 Å². The second-order valence-corrected chi connectivity index (χ2v) is 7.70. The van der Waals surface area contributed by atoms with Crippen molar-refractivity contribution < 1.29 is 19.1 Å². The van der Waals surface area contributed by atoms with Gasteiger partial charge in [-0.15, -0.1) is 0 Å². The fourth-order valence-electron chi connectivity index (χ4n) is 4.49. The lowest BCUT2D eigenvalue weighted by Crippen LogP contribution is -2.38. The van der Waals surface area contributed by atoms with Crippen molar-refractivity contribution in [3.8, 4) is 0 Å². The van der Waals surface area contributed by atoms with Crippen molar-refractivity contribution in [2.24, 2.45) is 5.41 Å². The van der Waals surface area contributed by atoms with Crippen LogP contribution in [0.3, 0.4) is 0 Å². The number of fused-ring (bicyclic) bond motifs is 1. The summed E-state index contributed by atoms with van der Waals surface area (Å²) in [5, 5.41) is 0. The molecule has 2 aromatic heterocycles. The minimum atomic E-state index is -0.431. The molecule has 2 aliphatic rings. The van der Waals surface area contributed by atoms with Gasteiger partial charge >= 0.3 is 5.97 Å². The second-order valence-electron chi connectivity index (χ2n) is 7.70. The molecular formula is C20H27N5O4. The van der Waals surface area contributed by atoms with Crippen LogP contribution in [0.4, 0.5) is 5.95 Å². The SMILES string of the molecule is CCn1c(N2CCC3(CCN(CCOC)C3=O)C2)nc2cc(C(=O)OC)cnc21. The van der Waals surface area contributed by atoms with E-state index >= 15 is 0 Å². The minimum Gasteiger partial charge on any atom is -0.465 e. The second kappa shape index (κ2) is 7.62. The summed E-state index contributed by atoms with van der Waals surface area (Å²) in [7, 11) is 3.00. The Labute approximate surface area is 169 Å². The van der Waals surface area contributed by atoms with E-state index in [9.17, 15) is 9.59 Å². The molecule has 4 rings (SSSR count). The van der Waals surface area contributed by atoms with Gasteiger partial charge in [-0.3, -0.25) is 9.36 Å². The zero-order valence-corrected chi connectivity index (χ0v) is 17.2. The van der Waals surface area contributed by atoms with Gasteiger partial charge in [-0.1, -0.05) is 0 Å². The standard InChI is InChI=1S/C20H27N5O4/c1-4-25-16-15(11-14(12-21-16)17(26)29-3)22-19(25)24-8-6-20(13-24)5-7-23(18(20)27)9-10-28-2/h11-12H,4-10,13H2,1-3H3. The fourth-order valence-corrected chi connectivity index (χ4v) is 4.49. The average Bonchev–Trinajstić information content (AvgIpc) is 3.42. The van der Waals surface area contributed by atoms with Crippen LogP contribution in [0.15, 0.2) is 12.3 Å². The van der Waals surface area contributed by atoms with Gasteiger partial charge in [0.05, 0.1) is 24.7 Å². The summed E-state index contributed by atoms with van der Waals surface area (Å²) in [6, 6.07) is 1.71. The highest BCUT2D eigenvalue weighted by molar-refractivity contribution is 5.92. The topological polar surface area (TPSA) is 89.8 Å². The third kappa shape index (κ3) is 3.23. The van der Waals surface area contributed by atoms with Gasteiger partial charge in [0.2, 0.25) is 11.9 Å². The van der Waals surface area contributed by atoms with Gasteiger partial charge in [-0.25, -0.2) is 14.8 Å². The van der Waals surface area contributed by atoms with E-state index in [0.717, 1.165) is 37.5 Å². The monoisotopic (exact) mass is 401 g/mol. The summed E-state index contributed by atoms with van der Waals surface area (Å²) in [4.78, 5) is 38.2. The third-order valence-corrected chi connectivity index (χ3v) is 6.11. The summed E-state index contributed by atoms with van der Waals surface area (Å²) in [5.74, 6) is 0.596. The van der Waals surface area contributed by atoms with Gasteiger partial charge in [-0.05, 0) is 25.8 Å². The number of likely N-dealkylation sites (tertiary alicyclic amines) is 1. The van der Waals surface area contributed by atoms with Gasteiger partial charge in [-0.2, -0.15) is 0 Å². The maximum atomic E-state index is 13.0. The molecule has 0 saturated carbocycles. The van der Waals surface area contributed by atoms with Crippen molar-refractivity contribution >= 4 is 29.0 Å². The molecule has 2 saturated heterocycles. The first kappa shape index (κ1) is 19.6. The van der Waals surface area contributed by atoms with Crippen LogP contribution in [0, 0.1) is 5.41 Å². The van der Waals surface area contributed by atoms with Crippen LogP contribution < -0.4 is 4.90 Å². The highest BCUT2D eigenvalue weighted by Crippen LogP contribution is 2.42. The van der Waals surface area contributed by atoms with Crippen molar-refractivity contribution in [3.63, 3.8) is 0 Å². The Bertz CT molecular complexity index is 942. The van der Waals surface area contributed by atoms with Crippen molar-refractivity contribution in [3.05, 3.63) is 17.8 Å². The van der Waals surface area contributed by atoms with Gasteiger partial charge in [0.25, 0.3) is 0 Å². The molecule has 2 fully saturated rings. The predicted molar refractivity (Wildman–Crippen MR) is 107 cm³/mol. The number of hydrogen-bond acceptors (Lipinski definition) is 7. The molecule has 2 aliphatic heterocycles. The van der Waals surface area contributed by atoms with Crippen LogP contribution >= 0.6 is 0 Å². The van der Waals surface area contributed by atoms with Gasteiger partial charge in [0.15, 0.2) is 5.65 Å². The summed E-state index contributed by atoms with van der Waals surface area (Å²) in [5.41, 5.74) is 1.43. The van der Waals surface area contributed by atoms with Crippen LogP contribution in [-0.4, -0.2) is 78.3 Å². The Balaban J connectivity index is 1.61. The first-order chi connectivity index (χ1) is 14.0. The number of carbonyl (C=O) groups excluding carboxylic acids is 2. The maximum absolute atomic E-state index is 13.0. The quantitative estimate of drug-likeness (QED) is 0.674. The van der Waals surface area contributed by atoms with Gasteiger partial charge in [0.1, 0.15) is 5.52 Å². The number of nitrogens with zero attached hydrogens (tertiary/aromatic N) is 5. The van der Waals surface area contributed by atoms with Crippen molar-refractivity contribution in [2.75, 3.05) is 51.9 Å². The number of rotatable bonds is 6. The number of pyridine rings is 1. The van der Waals surface area contributed by atoms with Crippen molar-refractivity contribution in [2.45, 2.75) is 26.3 Å². The number of anilines is 1. The average molecular weight is 401 g/mol. The maximum Gasteiger partial charge on any atom is 0.339 e. The molecule has 1 unspecified atom stereocenters. The van der Waals surface area contributed by atoms with E-state index in [-0.39, 0.29) is 11.3 Å².